The molecule has 0 atom stereocenters. The van der Waals surface area contributed by atoms with E-state index in [1.165, 1.54) is 33.3 Å². The van der Waals surface area contributed by atoms with Gasteiger partial charge in [0.15, 0.2) is 0 Å². The summed E-state index contributed by atoms with van der Waals surface area (Å²) in [5.74, 6) is 0. The molecule has 0 unspecified atom stereocenters. The molecule has 0 amide bonds. The van der Waals surface area contributed by atoms with Crippen molar-refractivity contribution in [3.05, 3.63) is 70.9 Å². The second-order valence-corrected chi connectivity index (χ2v) is 6.06. The zero-order valence-electron chi connectivity index (χ0n) is 12.4. The van der Waals surface area contributed by atoms with Crippen LogP contribution in [0.2, 0.25) is 0 Å². The number of likely N-dealkylation sites (N-methyl/N-ethyl adjacent to an activating group) is 1. The summed E-state index contributed by atoms with van der Waals surface area (Å²) in [6.45, 7) is 2.14. The van der Waals surface area contributed by atoms with Gasteiger partial charge in [-0.25, -0.2) is 0 Å². The third-order valence-electron chi connectivity index (χ3n) is 4.57. The Bertz CT molecular complexity index is 785. The standard InChI is InChI=1S/C19H20N2/c1-21-11-10-17-16-8-4-5-9-18(16)20-19(17)12-14-6-2-3-7-15(14)13-21/h2-9,20H,10-13H2,1H3. The van der Waals surface area contributed by atoms with Gasteiger partial charge in [-0.05, 0) is 36.2 Å². The minimum absolute atomic E-state index is 1.01. The van der Waals surface area contributed by atoms with E-state index in [0.29, 0.717) is 0 Å². The van der Waals surface area contributed by atoms with Gasteiger partial charge in [0, 0.05) is 36.1 Å². The van der Waals surface area contributed by atoms with Crippen LogP contribution in [0.3, 0.4) is 0 Å². The van der Waals surface area contributed by atoms with Gasteiger partial charge in [-0.2, -0.15) is 0 Å². The van der Waals surface area contributed by atoms with Gasteiger partial charge in [-0.1, -0.05) is 42.5 Å². The Balaban J connectivity index is 1.89. The quantitative estimate of drug-likeness (QED) is 0.662. The number of aromatic amines is 1. The highest BCUT2D eigenvalue weighted by molar-refractivity contribution is 5.84. The number of nitrogens with zero attached hydrogens (tertiary/aromatic N) is 1. The average molecular weight is 276 g/mol. The fourth-order valence-electron chi connectivity index (χ4n) is 3.44. The normalized spacial score (nSPS) is 15.9. The molecule has 1 aliphatic rings. The lowest BCUT2D eigenvalue weighted by molar-refractivity contribution is 0.331. The zero-order valence-corrected chi connectivity index (χ0v) is 12.4. The summed E-state index contributed by atoms with van der Waals surface area (Å²) < 4.78 is 0. The highest BCUT2D eigenvalue weighted by Crippen LogP contribution is 2.27. The Morgan fingerprint density at radius 1 is 0.952 bits per heavy atom. The molecule has 2 heteroatoms. The van der Waals surface area contributed by atoms with E-state index in [9.17, 15) is 0 Å². The van der Waals surface area contributed by atoms with Crippen LogP contribution in [0.1, 0.15) is 22.4 Å². The minimum Gasteiger partial charge on any atom is -0.358 e. The predicted octanol–water partition coefficient (Wildman–Crippen LogP) is 3.75. The summed E-state index contributed by atoms with van der Waals surface area (Å²) in [7, 11) is 2.22. The molecule has 3 aromatic rings. The Hall–Kier alpha value is -2.06. The molecule has 0 fully saturated rings. The van der Waals surface area contributed by atoms with Gasteiger partial charge in [-0.15, -0.1) is 0 Å². The van der Waals surface area contributed by atoms with E-state index in [1.807, 2.05) is 0 Å². The highest BCUT2D eigenvalue weighted by atomic mass is 15.1. The molecule has 1 aromatic heterocycles. The van der Waals surface area contributed by atoms with Gasteiger partial charge in [0.1, 0.15) is 0 Å². The van der Waals surface area contributed by atoms with Gasteiger partial charge in [0.25, 0.3) is 0 Å². The number of hydrogen-bond donors (Lipinski definition) is 1. The maximum absolute atomic E-state index is 3.65. The molecule has 0 saturated carbocycles. The largest absolute Gasteiger partial charge is 0.358 e. The van der Waals surface area contributed by atoms with Gasteiger partial charge in [-0.3, -0.25) is 0 Å². The first-order valence-corrected chi connectivity index (χ1v) is 7.65. The number of H-pyrrole nitrogens is 1. The minimum atomic E-state index is 1.01. The fraction of sp³-hybridized carbons (Fsp3) is 0.263. The van der Waals surface area contributed by atoms with Gasteiger partial charge in [0.2, 0.25) is 0 Å². The smallest absolute Gasteiger partial charge is 0.0459 e. The van der Waals surface area contributed by atoms with Crippen molar-refractivity contribution >= 4 is 10.9 Å². The van der Waals surface area contributed by atoms with Crippen LogP contribution in [0.15, 0.2) is 48.5 Å². The number of nitrogens with one attached hydrogen (secondary N) is 1. The summed E-state index contributed by atoms with van der Waals surface area (Å²) in [6.07, 6.45) is 2.12. The Labute approximate surface area is 125 Å². The zero-order chi connectivity index (χ0) is 14.2. The van der Waals surface area contributed by atoms with E-state index in [0.717, 1.165) is 25.9 Å². The van der Waals surface area contributed by atoms with Crippen LogP contribution in [0.4, 0.5) is 0 Å². The number of aromatic nitrogens is 1. The molecule has 0 bridgehead atoms. The molecule has 2 nitrogen and oxygen atoms in total. The van der Waals surface area contributed by atoms with E-state index in [-0.39, 0.29) is 0 Å². The summed E-state index contributed by atoms with van der Waals surface area (Å²) in [4.78, 5) is 6.08. The van der Waals surface area contributed by atoms with Crippen molar-refractivity contribution in [3.8, 4) is 0 Å². The van der Waals surface area contributed by atoms with E-state index >= 15 is 0 Å². The van der Waals surface area contributed by atoms with Crippen molar-refractivity contribution in [2.24, 2.45) is 0 Å². The average Bonchev–Trinajstić information content (AvgIpc) is 2.86. The molecule has 21 heavy (non-hydrogen) atoms. The molecular formula is C19H20N2. The van der Waals surface area contributed by atoms with Crippen molar-refractivity contribution in [2.75, 3.05) is 13.6 Å². The van der Waals surface area contributed by atoms with Crippen LogP contribution in [-0.2, 0) is 19.4 Å². The molecule has 0 radical (unpaired) electrons. The summed E-state index contributed by atoms with van der Waals surface area (Å²) in [6, 6.07) is 17.5. The first kappa shape index (κ1) is 12.7. The maximum Gasteiger partial charge on any atom is 0.0459 e. The molecule has 106 valence electrons. The van der Waals surface area contributed by atoms with Crippen molar-refractivity contribution in [2.45, 2.75) is 19.4 Å². The summed E-state index contributed by atoms with van der Waals surface area (Å²) in [5, 5.41) is 1.39. The van der Waals surface area contributed by atoms with Crippen LogP contribution in [-0.4, -0.2) is 23.5 Å². The highest BCUT2D eigenvalue weighted by Gasteiger charge is 2.16. The lowest BCUT2D eigenvalue weighted by Gasteiger charge is -2.17. The number of para-hydroxylation sites is 1. The Kier molecular flexibility index (Phi) is 3.04. The fourth-order valence-corrected chi connectivity index (χ4v) is 3.44. The number of hydrogen-bond acceptors (Lipinski definition) is 1. The number of rotatable bonds is 0. The lowest BCUT2D eigenvalue weighted by Crippen LogP contribution is -2.20. The Morgan fingerprint density at radius 2 is 1.71 bits per heavy atom. The molecule has 2 aromatic carbocycles. The van der Waals surface area contributed by atoms with Crippen LogP contribution in [0.25, 0.3) is 10.9 Å². The first-order valence-electron chi connectivity index (χ1n) is 7.65. The van der Waals surface area contributed by atoms with E-state index in [1.54, 1.807) is 0 Å². The molecule has 0 spiro atoms. The topological polar surface area (TPSA) is 19.0 Å². The Morgan fingerprint density at radius 3 is 2.62 bits per heavy atom. The van der Waals surface area contributed by atoms with Gasteiger partial charge >= 0.3 is 0 Å². The van der Waals surface area contributed by atoms with Gasteiger partial charge in [0.05, 0.1) is 0 Å². The summed E-state index contributed by atoms with van der Waals surface area (Å²) in [5.41, 5.74) is 7.04. The lowest BCUT2D eigenvalue weighted by atomic mass is 10.00. The van der Waals surface area contributed by atoms with Crippen molar-refractivity contribution in [1.82, 2.24) is 9.88 Å². The van der Waals surface area contributed by atoms with Crippen LogP contribution in [0, 0.1) is 0 Å². The monoisotopic (exact) mass is 276 g/mol. The second kappa shape index (κ2) is 5.05. The van der Waals surface area contributed by atoms with Crippen LogP contribution >= 0.6 is 0 Å². The van der Waals surface area contributed by atoms with E-state index in [2.05, 4.69) is 65.5 Å². The predicted molar refractivity (Wildman–Crippen MR) is 87.6 cm³/mol. The van der Waals surface area contributed by atoms with Crippen molar-refractivity contribution in [3.63, 3.8) is 0 Å². The molecule has 0 saturated heterocycles. The van der Waals surface area contributed by atoms with Crippen LogP contribution < -0.4 is 0 Å². The maximum atomic E-state index is 3.65. The number of benzene rings is 2. The summed E-state index contributed by atoms with van der Waals surface area (Å²) >= 11 is 0. The van der Waals surface area contributed by atoms with E-state index in [4.69, 9.17) is 0 Å². The molecule has 0 aliphatic carbocycles. The number of fused-ring (bicyclic) bond motifs is 4. The SMILES string of the molecule is CN1CCc2c([nH]c3ccccc23)Cc2ccccc2C1. The van der Waals surface area contributed by atoms with Crippen LogP contribution in [0.5, 0.6) is 0 Å². The molecular weight excluding hydrogens is 256 g/mol. The molecule has 1 N–H and O–H groups in total. The third kappa shape index (κ3) is 2.26. The molecule has 1 aliphatic heterocycles. The molecule has 4 rings (SSSR count). The van der Waals surface area contributed by atoms with Crippen molar-refractivity contribution < 1.29 is 0 Å². The second-order valence-electron chi connectivity index (χ2n) is 6.06. The van der Waals surface area contributed by atoms with Gasteiger partial charge < -0.3 is 9.88 Å². The van der Waals surface area contributed by atoms with Crippen molar-refractivity contribution in [1.29, 1.82) is 0 Å². The third-order valence-corrected chi connectivity index (χ3v) is 4.57. The molecule has 2 heterocycles. The first-order chi connectivity index (χ1) is 10.3. The van der Waals surface area contributed by atoms with E-state index < -0.39 is 0 Å².